The fourth-order valence-corrected chi connectivity index (χ4v) is 12.0. The van der Waals surface area contributed by atoms with Crippen molar-refractivity contribution < 1.29 is 40.6 Å². The number of carbonyl (C=O) groups is 1. The van der Waals surface area contributed by atoms with Crippen LogP contribution in [0.15, 0.2) is 103 Å². The third kappa shape index (κ3) is 10.8. The predicted octanol–water partition coefficient (Wildman–Crippen LogP) is 12.5. The van der Waals surface area contributed by atoms with Crippen molar-refractivity contribution in [1.82, 2.24) is 29.6 Å². The summed E-state index contributed by atoms with van der Waals surface area (Å²) in [5, 5.41) is 2.03. The summed E-state index contributed by atoms with van der Waals surface area (Å²) in [5.41, 5.74) is 3.77. The van der Waals surface area contributed by atoms with Crippen molar-refractivity contribution in [3.05, 3.63) is 166 Å². The highest BCUT2D eigenvalue weighted by Crippen LogP contribution is 2.46. The smallest absolute Gasteiger partial charge is 0.254 e. The number of hydrogen-bond donors (Lipinski definition) is 2. The van der Waals surface area contributed by atoms with Crippen LogP contribution in [0.5, 0.6) is 11.5 Å². The van der Waals surface area contributed by atoms with Crippen molar-refractivity contribution >= 4 is 27.7 Å². The zero-order valence-corrected chi connectivity index (χ0v) is 44.1. The van der Waals surface area contributed by atoms with Crippen molar-refractivity contribution in [3.8, 4) is 11.5 Å². The molecule has 1 amide bonds. The minimum atomic E-state index is -1.53. The van der Waals surface area contributed by atoms with Gasteiger partial charge in [-0.15, -0.1) is 0 Å². The van der Waals surface area contributed by atoms with Crippen LogP contribution in [0.2, 0.25) is 0 Å². The summed E-state index contributed by atoms with van der Waals surface area (Å²) in [6.07, 6.45) is 2.38. The Morgan fingerprint density at radius 1 is 0.711 bits per heavy atom. The molecule has 11 rings (SSSR count). The summed E-state index contributed by atoms with van der Waals surface area (Å²) in [7, 11) is 0. The number of ether oxygens (including phenoxy) is 2. The number of aromatic amines is 2. The van der Waals surface area contributed by atoms with E-state index in [1.807, 2.05) is 78.2 Å². The van der Waals surface area contributed by atoms with Gasteiger partial charge in [0, 0.05) is 125 Å². The fraction of sp³-hybridized carbons (Fsp3) is 0.426. The van der Waals surface area contributed by atoms with Gasteiger partial charge >= 0.3 is 0 Å². The van der Waals surface area contributed by atoms with Crippen LogP contribution >= 0.6 is 0 Å². The Hall–Kier alpha value is -6.29. The Balaban J connectivity index is 0.000000173. The highest BCUT2D eigenvalue weighted by atomic mass is 19.2. The van der Waals surface area contributed by atoms with Crippen LogP contribution in [0.1, 0.15) is 104 Å². The molecule has 0 bridgehead atoms. The lowest BCUT2D eigenvalue weighted by molar-refractivity contribution is 0.0592. The highest BCUT2D eigenvalue weighted by molar-refractivity contribution is 5.96. The van der Waals surface area contributed by atoms with E-state index in [1.165, 1.54) is 38.1 Å². The molecular weight excluding hydrogens is 979 g/mol. The Morgan fingerprint density at radius 2 is 1.24 bits per heavy atom. The third-order valence-electron chi connectivity index (χ3n) is 15.9. The van der Waals surface area contributed by atoms with Crippen molar-refractivity contribution in [3.63, 3.8) is 0 Å². The molecule has 9 nitrogen and oxygen atoms in total. The molecule has 0 unspecified atom stereocenters. The number of likely N-dealkylation sites (tertiary alicyclic amines) is 2. The summed E-state index contributed by atoms with van der Waals surface area (Å²) < 4.78 is 102. The maximum atomic E-state index is 15.8. The standard InChI is InChI=1S/C31H30F3N3O2.C30H38F3N3O/c1-19-13-24-23-9-5-6-10-27(23)35-29(24)30(37(19)31(38)21-7-3-2-4-8-21)28-25(33)14-22(15-26(28)34)39-12-11-36-17-20(16-32)18-36;1-18-10-11-35(15-18)20(3)16-37-21-13-24(31)27(25(32)14-21)29-28-23(22-8-6-7-9-26(22)34-28)12-19(2)36(29)17-30(4,5)33/h2-10,14-15,19-20,30,35H,11-13,16-18H2,1H3;6-9,13-14,18-20,29,34H,10-12,15-17H2,1-5H3/t19-,30-;18-,19-,20+,29-/m11/s1. The number of aromatic nitrogens is 2. The first-order valence-corrected chi connectivity index (χ1v) is 26.7. The van der Waals surface area contributed by atoms with E-state index in [-0.39, 0.29) is 72.4 Å². The number of halogens is 6. The first-order valence-electron chi connectivity index (χ1n) is 26.7. The normalized spacial score (nSPS) is 21.7. The van der Waals surface area contributed by atoms with Gasteiger partial charge in [0.05, 0.1) is 18.3 Å². The van der Waals surface area contributed by atoms with Gasteiger partial charge in [0.2, 0.25) is 0 Å². The van der Waals surface area contributed by atoms with Gasteiger partial charge < -0.3 is 24.3 Å². The summed E-state index contributed by atoms with van der Waals surface area (Å²) in [4.78, 5) is 28.4. The number of alkyl halides is 2. The Labute approximate surface area is 441 Å². The first kappa shape index (κ1) is 53.1. The molecule has 76 heavy (non-hydrogen) atoms. The van der Waals surface area contributed by atoms with Gasteiger partial charge in [0.15, 0.2) is 0 Å². The molecule has 0 radical (unpaired) electrons. The first-order chi connectivity index (χ1) is 36.5. The molecular formula is C61H68F6N6O3. The molecule has 6 heterocycles. The number of carbonyl (C=O) groups excluding carboxylic acids is 1. The van der Waals surface area contributed by atoms with Crippen LogP contribution in [0.25, 0.3) is 21.8 Å². The van der Waals surface area contributed by atoms with Crippen LogP contribution in [-0.4, -0.2) is 118 Å². The molecule has 2 N–H and O–H groups in total. The van der Waals surface area contributed by atoms with Crippen LogP contribution in [0, 0.1) is 35.1 Å². The van der Waals surface area contributed by atoms with Gasteiger partial charge in [-0.3, -0.25) is 23.9 Å². The minimum absolute atomic E-state index is 0.0521. The van der Waals surface area contributed by atoms with E-state index in [4.69, 9.17) is 9.47 Å². The maximum absolute atomic E-state index is 15.8. The number of H-pyrrole nitrogens is 2. The van der Waals surface area contributed by atoms with Crippen molar-refractivity contribution in [2.24, 2.45) is 11.8 Å². The Kier molecular flexibility index (Phi) is 15.4. The number of fused-ring (bicyclic) bond motifs is 6. The number of amides is 1. The topological polar surface area (TPSA) is 80.1 Å². The SMILES string of the molecule is C[C@@H]1CCN([C@@H](C)COc2cc(F)c([C@@H]3c4[nH]c5ccccc5c4C[C@@H](C)N3CC(C)(C)F)c(F)c2)C1.C[C@@H]1Cc2c([nH]c3ccccc23)[C@@H](c2c(F)cc(OCCN3CC(CF)C3)cc2F)N1C(=O)c1ccccc1. The average Bonchev–Trinajstić information content (AvgIpc) is 4.10. The van der Waals surface area contributed by atoms with Crippen molar-refractivity contribution in [2.45, 2.75) is 96.7 Å². The van der Waals surface area contributed by atoms with E-state index in [1.54, 1.807) is 29.2 Å². The molecule has 0 spiro atoms. The molecule has 4 aliphatic rings. The van der Waals surface area contributed by atoms with E-state index < -0.39 is 41.0 Å². The third-order valence-corrected chi connectivity index (χ3v) is 15.9. The van der Waals surface area contributed by atoms with E-state index in [2.05, 4.69) is 28.7 Å². The number of benzene rings is 5. The van der Waals surface area contributed by atoms with Gasteiger partial charge in [0.25, 0.3) is 5.91 Å². The molecule has 0 aliphatic carbocycles. The van der Waals surface area contributed by atoms with Gasteiger partial charge in [-0.1, -0.05) is 61.5 Å². The van der Waals surface area contributed by atoms with E-state index in [0.717, 1.165) is 58.1 Å². The number of nitrogens with one attached hydrogen (secondary N) is 2. The molecule has 2 aromatic heterocycles. The number of hydrogen-bond acceptors (Lipinski definition) is 6. The molecule has 0 saturated carbocycles. The summed E-state index contributed by atoms with van der Waals surface area (Å²) in [6, 6.07) is 27.3. The molecule has 6 atom stereocenters. The van der Waals surface area contributed by atoms with Crippen molar-refractivity contribution in [1.29, 1.82) is 0 Å². The second-order valence-corrected chi connectivity index (χ2v) is 22.3. The van der Waals surface area contributed by atoms with Gasteiger partial charge in [-0.25, -0.2) is 22.0 Å². The Bertz CT molecular complexity index is 3140. The highest BCUT2D eigenvalue weighted by Gasteiger charge is 2.43. The summed E-state index contributed by atoms with van der Waals surface area (Å²) in [6.45, 7) is 15.5. The minimum Gasteiger partial charge on any atom is -0.492 e. The summed E-state index contributed by atoms with van der Waals surface area (Å²) >= 11 is 0. The molecule has 4 aliphatic heterocycles. The quantitative estimate of drug-likeness (QED) is 0.106. The van der Waals surface area contributed by atoms with Crippen LogP contribution in [-0.2, 0) is 12.8 Å². The lowest BCUT2D eigenvalue weighted by atomic mass is 9.87. The molecule has 5 aromatic carbocycles. The lowest BCUT2D eigenvalue weighted by Gasteiger charge is -2.43. The van der Waals surface area contributed by atoms with Crippen LogP contribution in [0.4, 0.5) is 26.3 Å². The Morgan fingerprint density at radius 3 is 1.79 bits per heavy atom. The zero-order valence-electron chi connectivity index (χ0n) is 44.1. The fourth-order valence-electron chi connectivity index (χ4n) is 12.0. The number of para-hydroxylation sites is 2. The molecule has 2 fully saturated rings. The van der Waals surface area contributed by atoms with E-state index in [0.29, 0.717) is 56.3 Å². The molecule has 402 valence electrons. The second kappa shape index (κ2) is 22.0. The van der Waals surface area contributed by atoms with Gasteiger partial charge in [0.1, 0.15) is 59.7 Å². The second-order valence-electron chi connectivity index (χ2n) is 22.3. The molecule has 7 aromatic rings. The lowest BCUT2D eigenvalue weighted by Crippen LogP contribution is -2.49. The molecule has 15 heteroatoms. The van der Waals surface area contributed by atoms with Gasteiger partial charge in [-0.2, -0.15) is 0 Å². The van der Waals surface area contributed by atoms with Crippen molar-refractivity contribution in [2.75, 3.05) is 59.2 Å². The predicted molar refractivity (Wildman–Crippen MR) is 286 cm³/mol. The monoisotopic (exact) mass is 1050 g/mol. The number of nitrogens with zero attached hydrogens (tertiary/aromatic N) is 4. The van der Waals surface area contributed by atoms with Crippen LogP contribution in [0.3, 0.4) is 0 Å². The summed E-state index contributed by atoms with van der Waals surface area (Å²) in [5.74, 6) is -2.23. The number of rotatable bonds is 14. The zero-order chi connectivity index (χ0) is 53.6. The van der Waals surface area contributed by atoms with Crippen LogP contribution < -0.4 is 9.47 Å². The van der Waals surface area contributed by atoms with E-state index in [9.17, 15) is 13.6 Å². The van der Waals surface area contributed by atoms with Gasteiger partial charge in [-0.05, 0) is 102 Å². The largest absolute Gasteiger partial charge is 0.492 e. The molecule has 2 saturated heterocycles. The average molecular weight is 1050 g/mol. The maximum Gasteiger partial charge on any atom is 0.254 e. The van der Waals surface area contributed by atoms with E-state index >= 15 is 17.6 Å².